The van der Waals surface area contributed by atoms with Gasteiger partial charge in [-0.3, -0.25) is 0 Å². The van der Waals surface area contributed by atoms with Crippen molar-refractivity contribution in [3.8, 4) is 0 Å². The van der Waals surface area contributed by atoms with Crippen molar-refractivity contribution in [2.75, 3.05) is 5.75 Å². The monoisotopic (exact) mass is 256 g/mol. The molecule has 16 heavy (non-hydrogen) atoms. The van der Waals surface area contributed by atoms with Gasteiger partial charge in [-0.2, -0.15) is 11.8 Å². The topological polar surface area (TPSA) is 24.9 Å². The minimum absolute atomic E-state index is 0.674. The van der Waals surface area contributed by atoms with Crippen LogP contribution in [0.25, 0.3) is 0 Å². The number of aryl methyl sites for hydroxylation is 1. The van der Waals surface area contributed by atoms with Crippen molar-refractivity contribution in [1.82, 2.24) is 10.3 Å². The summed E-state index contributed by atoms with van der Waals surface area (Å²) in [4.78, 5) is 5.84. The second-order valence-corrected chi connectivity index (χ2v) is 6.96. The van der Waals surface area contributed by atoms with Crippen molar-refractivity contribution in [3.63, 3.8) is 0 Å². The Kier molecular flexibility index (Phi) is 4.67. The quantitative estimate of drug-likeness (QED) is 0.896. The molecule has 90 valence electrons. The van der Waals surface area contributed by atoms with Crippen molar-refractivity contribution in [1.29, 1.82) is 0 Å². The summed E-state index contributed by atoms with van der Waals surface area (Å²) in [5.41, 5.74) is 0. The minimum atomic E-state index is 0.674. The zero-order valence-electron chi connectivity index (χ0n) is 10.0. The summed E-state index contributed by atoms with van der Waals surface area (Å²) in [6.45, 7) is 5.46. The molecule has 0 bridgehead atoms. The Balaban J connectivity index is 1.81. The predicted molar refractivity (Wildman–Crippen MR) is 73.3 cm³/mol. The van der Waals surface area contributed by atoms with Crippen LogP contribution in [-0.4, -0.2) is 22.0 Å². The number of rotatable bonds is 4. The van der Waals surface area contributed by atoms with Gasteiger partial charge >= 0.3 is 0 Å². The van der Waals surface area contributed by atoms with Crippen LogP contribution in [0.15, 0.2) is 6.20 Å². The fraction of sp³-hybridized carbons (Fsp3) is 0.750. The zero-order chi connectivity index (χ0) is 11.4. The first-order valence-electron chi connectivity index (χ1n) is 6.08. The Hall–Kier alpha value is -0.0600. The average Bonchev–Trinajstić information content (AvgIpc) is 2.76. The van der Waals surface area contributed by atoms with Gasteiger partial charge < -0.3 is 5.32 Å². The summed E-state index contributed by atoms with van der Waals surface area (Å²) < 4.78 is 0. The number of nitrogens with one attached hydrogen (secondary N) is 1. The highest BCUT2D eigenvalue weighted by Gasteiger charge is 2.21. The van der Waals surface area contributed by atoms with E-state index in [-0.39, 0.29) is 0 Å². The van der Waals surface area contributed by atoms with Crippen molar-refractivity contribution >= 4 is 23.1 Å². The number of nitrogens with zero attached hydrogens (tertiary/aromatic N) is 1. The lowest BCUT2D eigenvalue weighted by Crippen LogP contribution is -2.38. The van der Waals surface area contributed by atoms with E-state index in [0.29, 0.717) is 6.04 Å². The molecule has 2 unspecified atom stereocenters. The van der Waals surface area contributed by atoms with Gasteiger partial charge in [0.15, 0.2) is 0 Å². The molecule has 1 aliphatic heterocycles. The SMILES string of the molecule is CCc1cnc(CNC2CCCSC2C)s1. The van der Waals surface area contributed by atoms with Gasteiger partial charge in [-0.05, 0) is 25.0 Å². The molecule has 1 aromatic heterocycles. The molecule has 1 N–H and O–H groups in total. The van der Waals surface area contributed by atoms with E-state index >= 15 is 0 Å². The van der Waals surface area contributed by atoms with Crippen LogP contribution in [-0.2, 0) is 13.0 Å². The Bertz CT molecular complexity index is 325. The fourth-order valence-electron chi connectivity index (χ4n) is 2.00. The van der Waals surface area contributed by atoms with Crippen LogP contribution in [0.3, 0.4) is 0 Å². The number of thioether (sulfide) groups is 1. The van der Waals surface area contributed by atoms with Gasteiger partial charge in [0.1, 0.15) is 5.01 Å². The van der Waals surface area contributed by atoms with Crippen LogP contribution in [0, 0.1) is 0 Å². The maximum Gasteiger partial charge on any atom is 0.107 e. The maximum absolute atomic E-state index is 4.45. The molecule has 0 aliphatic carbocycles. The highest BCUT2D eigenvalue weighted by atomic mass is 32.2. The lowest BCUT2D eigenvalue weighted by molar-refractivity contribution is 0.461. The van der Waals surface area contributed by atoms with Crippen LogP contribution in [0.5, 0.6) is 0 Å². The van der Waals surface area contributed by atoms with Crippen LogP contribution >= 0.6 is 23.1 Å². The average molecular weight is 256 g/mol. The van der Waals surface area contributed by atoms with Crippen LogP contribution < -0.4 is 5.32 Å². The lowest BCUT2D eigenvalue weighted by Gasteiger charge is -2.28. The van der Waals surface area contributed by atoms with E-state index in [2.05, 4.69) is 35.9 Å². The molecule has 0 radical (unpaired) electrons. The smallest absolute Gasteiger partial charge is 0.107 e. The lowest BCUT2D eigenvalue weighted by atomic mass is 10.1. The molecular formula is C12H20N2S2. The molecule has 0 amide bonds. The van der Waals surface area contributed by atoms with Gasteiger partial charge in [0.05, 0.1) is 0 Å². The molecule has 1 fully saturated rings. The van der Waals surface area contributed by atoms with Gasteiger partial charge in [-0.1, -0.05) is 13.8 Å². The third-order valence-electron chi connectivity index (χ3n) is 3.07. The molecule has 1 aromatic rings. The largest absolute Gasteiger partial charge is 0.307 e. The first kappa shape index (κ1) is 12.4. The molecule has 0 aromatic carbocycles. The fourth-order valence-corrected chi connectivity index (χ4v) is 3.99. The van der Waals surface area contributed by atoms with Crippen LogP contribution in [0.2, 0.25) is 0 Å². The summed E-state index contributed by atoms with van der Waals surface area (Å²) in [6.07, 6.45) is 5.79. The van der Waals surface area contributed by atoms with Crippen molar-refractivity contribution < 1.29 is 0 Å². The van der Waals surface area contributed by atoms with Gasteiger partial charge in [-0.25, -0.2) is 4.98 Å². The molecular weight excluding hydrogens is 236 g/mol. The van der Waals surface area contributed by atoms with E-state index in [0.717, 1.165) is 18.2 Å². The standard InChI is InChI=1S/C12H20N2S2/c1-3-10-7-14-12(16-10)8-13-11-5-4-6-15-9(11)2/h7,9,11,13H,3-6,8H2,1-2H3. The van der Waals surface area contributed by atoms with E-state index < -0.39 is 0 Å². The predicted octanol–water partition coefficient (Wildman–Crippen LogP) is 3.08. The number of hydrogen-bond donors (Lipinski definition) is 1. The highest BCUT2D eigenvalue weighted by molar-refractivity contribution is 7.99. The van der Waals surface area contributed by atoms with Gasteiger partial charge in [0, 0.05) is 28.9 Å². The third-order valence-corrected chi connectivity index (χ3v) is 5.59. The normalized spacial score (nSPS) is 25.9. The van der Waals surface area contributed by atoms with Crippen molar-refractivity contribution in [2.24, 2.45) is 0 Å². The van der Waals surface area contributed by atoms with E-state index in [9.17, 15) is 0 Å². The summed E-state index contributed by atoms with van der Waals surface area (Å²) in [7, 11) is 0. The molecule has 1 saturated heterocycles. The minimum Gasteiger partial charge on any atom is -0.307 e. The second kappa shape index (κ2) is 6.03. The summed E-state index contributed by atoms with van der Waals surface area (Å²) in [5.74, 6) is 1.33. The molecule has 0 saturated carbocycles. The molecule has 2 atom stereocenters. The third kappa shape index (κ3) is 3.22. The Morgan fingerprint density at radius 1 is 1.56 bits per heavy atom. The zero-order valence-corrected chi connectivity index (χ0v) is 11.7. The van der Waals surface area contributed by atoms with Crippen LogP contribution in [0.4, 0.5) is 0 Å². The Labute approximate surface area is 106 Å². The summed E-state index contributed by atoms with van der Waals surface area (Å²) in [5, 5.41) is 5.64. The van der Waals surface area contributed by atoms with Crippen molar-refractivity contribution in [3.05, 3.63) is 16.1 Å². The molecule has 2 nitrogen and oxygen atoms in total. The van der Waals surface area contributed by atoms with Crippen LogP contribution in [0.1, 0.15) is 36.6 Å². The van der Waals surface area contributed by atoms with E-state index in [4.69, 9.17) is 0 Å². The van der Waals surface area contributed by atoms with Gasteiger partial charge in [0.25, 0.3) is 0 Å². The Morgan fingerprint density at radius 2 is 2.44 bits per heavy atom. The highest BCUT2D eigenvalue weighted by Crippen LogP contribution is 2.25. The molecule has 2 rings (SSSR count). The van der Waals surface area contributed by atoms with E-state index in [1.165, 1.54) is 28.5 Å². The molecule has 0 spiro atoms. The first-order valence-corrected chi connectivity index (χ1v) is 7.94. The number of aromatic nitrogens is 1. The summed E-state index contributed by atoms with van der Waals surface area (Å²) >= 11 is 3.93. The molecule has 2 heterocycles. The number of thiazole rings is 1. The second-order valence-electron chi connectivity index (χ2n) is 4.28. The first-order chi connectivity index (χ1) is 7.79. The van der Waals surface area contributed by atoms with Gasteiger partial charge in [0.2, 0.25) is 0 Å². The van der Waals surface area contributed by atoms with Gasteiger partial charge in [-0.15, -0.1) is 11.3 Å². The number of hydrogen-bond acceptors (Lipinski definition) is 4. The van der Waals surface area contributed by atoms with Crippen molar-refractivity contribution in [2.45, 2.75) is 50.9 Å². The van der Waals surface area contributed by atoms with E-state index in [1.54, 1.807) is 0 Å². The molecule has 1 aliphatic rings. The van der Waals surface area contributed by atoms with E-state index in [1.807, 2.05) is 17.5 Å². The Morgan fingerprint density at radius 3 is 3.12 bits per heavy atom. The maximum atomic E-state index is 4.45. The summed E-state index contributed by atoms with van der Waals surface area (Å²) in [6, 6.07) is 0.674. The molecule has 4 heteroatoms.